The van der Waals surface area contributed by atoms with Gasteiger partial charge in [-0.1, -0.05) is 54.6 Å². The van der Waals surface area contributed by atoms with Crippen molar-refractivity contribution in [2.75, 3.05) is 12.4 Å². The van der Waals surface area contributed by atoms with Crippen LogP contribution in [0.15, 0.2) is 78.0 Å². The van der Waals surface area contributed by atoms with E-state index in [2.05, 4.69) is 23.5 Å². The smallest absolute Gasteiger partial charge is 0.226 e. The van der Waals surface area contributed by atoms with Crippen LogP contribution in [0.2, 0.25) is 0 Å². The summed E-state index contributed by atoms with van der Waals surface area (Å²) in [6.45, 7) is 0. The summed E-state index contributed by atoms with van der Waals surface area (Å²) >= 11 is 0. The number of hydrogen-bond donors (Lipinski definition) is 1. The third-order valence-corrected chi connectivity index (χ3v) is 6.31. The summed E-state index contributed by atoms with van der Waals surface area (Å²) in [6.07, 6.45) is 2.24. The van der Waals surface area contributed by atoms with Gasteiger partial charge in [0.15, 0.2) is 11.6 Å². The number of carbonyl (C=O) groups is 1. The lowest BCUT2D eigenvalue weighted by Gasteiger charge is -2.32. The molecule has 1 aliphatic carbocycles. The number of rotatable bonds is 3. The van der Waals surface area contributed by atoms with E-state index in [4.69, 9.17) is 14.8 Å². The van der Waals surface area contributed by atoms with Crippen LogP contribution >= 0.6 is 0 Å². The Balaban J connectivity index is 1.55. The first-order valence-electron chi connectivity index (χ1n) is 10.8. The Morgan fingerprint density at radius 2 is 1.88 bits per heavy atom. The highest BCUT2D eigenvalue weighted by atomic mass is 16.5. The van der Waals surface area contributed by atoms with Gasteiger partial charge in [-0.15, -0.1) is 5.10 Å². The molecule has 6 rings (SSSR count). The summed E-state index contributed by atoms with van der Waals surface area (Å²) in [5.41, 5.74) is 3.68. The molecule has 1 aliphatic heterocycles. The van der Waals surface area contributed by atoms with Gasteiger partial charge >= 0.3 is 0 Å². The van der Waals surface area contributed by atoms with Gasteiger partial charge in [-0.2, -0.15) is 4.98 Å². The molecule has 0 radical (unpaired) electrons. The Labute approximate surface area is 185 Å². The second kappa shape index (κ2) is 7.34. The average Bonchev–Trinajstić information content (AvgIpc) is 3.26. The van der Waals surface area contributed by atoms with E-state index in [1.807, 2.05) is 53.2 Å². The fraction of sp³-hybridized carbons (Fsp3) is 0.192. The molecule has 6 nitrogen and oxygen atoms in total. The molecule has 1 unspecified atom stereocenters. The molecule has 158 valence electrons. The number of aromatic nitrogens is 3. The number of nitrogens with one attached hydrogen (secondary N) is 1. The van der Waals surface area contributed by atoms with Crippen LogP contribution in [0.4, 0.5) is 5.95 Å². The Morgan fingerprint density at radius 3 is 2.78 bits per heavy atom. The van der Waals surface area contributed by atoms with Crippen LogP contribution < -0.4 is 10.1 Å². The van der Waals surface area contributed by atoms with E-state index in [0.717, 1.165) is 51.8 Å². The highest BCUT2D eigenvalue weighted by Crippen LogP contribution is 2.41. The normalized spacial score (nSPS) is 17.7. The molecule has 32 heavy (non-hydrogen) atoms. The highest BCUT2D eigenvalue weighted by Gasteiger charge is 2.37. The van der Waals surface area contributed by atoms with Crippen LogP contribution in [0.25, 0.3) is 22.2 Å². The number of nitrogens with zero attached hydrogens (tertiary/aromatic N) is 3. The first-order valence-corrected chi connectivity index (χ1v) is 10.8. The standard InChI is InChI=1S/C26H22N4O2/c1-32-18-10-4-9-17(15-18)24-23-21(13-6-14-22(23)31)27-26-28-25(29-30(24)26)20-12-5-8-16-7-2-3-11-19(16)20/h2-5,7-12,15,24H,6,13-14H2,1H3,(H,27,28,29). The van der Waals surface area contributed by atoms with Crippen molar-refractivity contribution in [3.05, 3.63) is 83.6 Å². The number of fused-ring (bicyclic) bond motifs is 2. The third-order valence-electron chi connectivity index (χ3n) is 6.31. The molecule has 0 saturated carbocycles. The Bertz CT molecular complexity index is 1400. The van der Waals surface area contributed by atoms with Gasteiger partial charge in [0.2, 0.25) is 5.95 Å². The first kappa shape index (κ1) is 18.8. The molecule has 1 atom stereocenters. The molecule has 3 aromatic carbocycles. The molecule has 2 aliphatic rings. The molecule has 4 aromatic rings. The number of benzene rings is 3. The monoisotopic (exact) mass is 422 g/mol. The topological polar surface area (TPSA) is 69.0 Å². The van der Waals surface area contributed by atoms with Gasteiger partial charge in [-0.3, -0.25) is 4.79 Å². The van der Waals surface area contributed by atoms with Gasteiger partial charge in [0.05, 0.1) is 7.11 Å². The van der Waals surface area contributed by atoms with Gasteiger partial charge in [-0.25, -0.2) is 4.68 Å². The van der Waals surface area contributed by atoms with Crippen molar-refractivity contribution in [2.45, 2.75) is 25.3 Å². The van der Waals surface area contributed by atoms with Gasteiger partial charge in [-0.05, 0) is 41.3 Å². The van der Waals surface area contributed by atoms with Crippen molar-refractivity contribution in [3.8, 4) is 17.1 Å². The lowest BCUT2D eigenvalue weighted by molar-refractivity contribution is -0.116. The quantitative estimate of drug-likeness (QED) is 0.496. The van der Waals surface area contributed by atoms with E-state index in [1.54, 1.807) is 7.11 Å². The van der Waals surface area contributed by atoms with Gasteiger partial charge < -0.3 is 10.1 Å². The van der Waals surface area contributed by atoms with Crippen LogP contribution in [0.1, 0.15) is 30.9 Å². The second-order valence-electron chi connectivity index (χ2n) is 8.20. The van der Waals surface area contributed by atoms with Gasteiger partial charge in [0.1, 0.15) is 11.8 Å². The minimum absolute atomic E-state index is 0.166. The fourth-order valence-corrected chi connectivity index (χ4v) is 4.81. The zero-order valence-corrected chi connectivity index (χ0v) is 17.7. The Morgan fingerprint density at radius 1 is 1.03 bits per heavy atom. The molecule has 0 amide bonds. The molecule has 0 spiro atoms. The van der Waals surface area contributed by atoms with Crippen molar-refractivity contribution in [1.29, 1.82) is 0 Å². The zero-order valence-electron chi connectivity index (χ0n) is 17.7. The summed E-state index contributed by atoms with van der Waals surface area (Å²) in [4.78, 5) is 17.9. The first-order chi connectivity index (χ1) is 15.7. The van der Waals surface area contributed by atoms with Crippen LogP contribution in [-0.2, 0) is 4.79 Å². The van der Waals surface area contributed by atoms with Gasteiger partial charge in [0, 0.05) is 23.3 Å². The van der Waals surface area contributed by atoms with E-state index in [9.17, 15) is 4.79 Å². The van der Waals surface area contributed by atoms with Gasteiger partial charge in [0.25, 0.3) is 0 Å². The van der Waals surface area contributed by atoms with Crippen LogP contribution in [0, 0.1) is 0 Å². The number of hydrogen-bond acceptors (Lipinski definition) is 5. The molecule has 1 N–H and O–H groups in total. The van der Waals surface area contributed by atoms with E-state index in [0.29, 0.717) is 18.2 Å². The van der Waals surface area contributed by atoms with Crippen molar-refractivity contribution in [3.63, 3.8) is 0 Å². The molecule has 0 saturated heterocycles. The minimum atomic E-state index is -0.333. The maximum Gasteiger partial charge on any atom is 0.226 e. The maximum atomic E-state index is 13.0. The molecular weight excluding hydrogens is 400 g/mol. The van der Waals surface area contributed by atoms with E-state index in [-0.39, 0.29) is 11.8 Å². The summed E-state index contributed by atoms with van der Waals surface area (Å²) in [5, 5.41) is 10.6. The second-order valence-corrected chi connectivity index (χ2v) is 8.20. The van der Waals surface area contributed by atoms with Crippen molar-refractivity contribution >= 4 is 22.5 Å². The van der Waals surface area contributed by atoms with Crippen molar-refractivity contribution < 1.29 is 9.53 Å². The Kier molecular flexibility index (Phi) is 4.31. The summed E-state index contributed by atoms with van der Waals surface area (Å²) in [7, 11) is 1.65. The lowest BCUT2D eigenvalue weighted by atomic mass is 9.85. The van der Waals surface area contributed by atoms with Crippen molar-refractivity contribution in [1.82, 2.24) is 14.8 Å². The third kappa shape index (κ3) is 2.91. The van der Waals surface area contributed by atoms with E-state index in [1.165, 1.54) is 0 Å². The average molecular weight is 422 g/mol. The number of anilines is 1. The molecular formula is C26H22N4O2. The minimum Gasteiger partial charge on any atom is -0.497 e. The molecule has 0 fully saturated rings. The summed E-state index contributed by atoms with van der Waals surface area (Å²) < 4.78 is 7.31. The number of ketones is 1. The SMILES string of the molecule is COc1cccc(C2C3=C(CCCC3=O)Nc3nc(-c4cccc5ccccc45)nn32)c1. The zero-order chi connectivity index (χ0) is 21.7. The lowest BCUT2D eigenvalue weighted by Crippen LogP contribution is -2.31. The molecule has 0 bridgehead atoms. The van der Waals surface area contributed by atoms with E-state index < -0.39 is 0 Å². The summed E-state index contributed by atoms with van der Waals surface area (Å²) in [5.74, 6) is 2.22. The van der Waals surface area contributed by atoms with Crippen LogP contribution in [-0.4, -0.2) is 27.7 Å². The number of methoxy groups -OCH3 is 1. The summed E-state index contributed by atoms with van der Waals surface area (Å²) in [6, 6.07) is 21.9. The molecule has 2 heterocycles. The van der Waals surface area contributed by atoms with E-state index >= 15 is 0 Å². The number of allylic oxidation sites excluding steroid dienone is 2. The predicted molar refractivity (Wildman–Crippen MR) is 124 cm³/mol. The fourth-order valence-electron chi connectivity index (χ4n) is 4.81. The Hall–Kier alpha value is -3.93. The largest absolute Gasteiger partial charge is 0.497 e. The van der Waals surface area contributed by atoms with Crippen molar-refractivity contribution in [2.24, 2.45) is 0 Å². The number of Topliss-reactive ketones (excluding diaryl/α,β-unsaturated/α-hetero) is 1. The highest BCUT2D eigenvalue weighted by molar-refractivity contribution is 5.99. The van der Waals surface area contributed by atoms with Crippen LogP contribution in [0.5, 0.6) is 5.75 Å². The number of ether oxygens (including phenoxy) is 1. The predicted octanol–water partition coefficient (Wildman–Crippen LogP) is 5.13. The van der Waals surface area contributed by atoms with Crippen LogP contribution in [0.3, 0.4) is 0 Å². The maximum absolute atomic E-state index is 13.0. The number of carbonyl (C=O) groups excluding carboxylic acids is 1. The molecule has 6 heteroatoms. The molecule has 1 aromatic heterocycles.